The first kappa shape index (κ1) is 15.3. The zero-order valence-electron chi connectivity index (χ0n) is 13.8. The zero-order chi connectivity index (χ0) is 17.7. The summed E-state index contributed by atoms with van der Waals surface area (Å²) in [5.74, 6) is 2.38. The Morgan fingerprint density at radius 2 is 1.85 bits per heavy atom. The highest BCUT2D eigenvalue weighted by atomic mass is 35.5. The average Bonchev–Trinajstić information content (AvgIpc) is 2.81. The van der Waals surface area contributed by atoms with E-state index in [0.717, 1.165) is 28.8 Å². The van der Waals surface area contributed by atoms with E-state index < -0.39 is 0 Å². The molecule has 2 aliphatic rings. The minimum atomic E-state index is -0.335. The molecule has 3 heterocycles. The Morgan fingerprint density at radius 1 is 1.12 bits per heavy atom. The van der Waals surface area contributed by atoms with E-state index in [2.05, 4.69) is 15.3 Å². The smallest absolute Gasteiger partial charge is 0.212 e. The number of ether oxygens (including phenoxy) is 2. The molecule has 0 bridgehead atoms. The summed E-state index contributed by atoms with van der Waals surface area (Å²) in [6, 6.07) is 11.4. The number of hydrogen-bond donors (Lipinski definition) is 2. The van der Waals surface area contributed by atoms with E-state index in [1.165, 1.54) is 0 Å². The number of rotatable bonds is 1. The van der Waals surface area contributed by atoms with Crippen molar-refractivity contribution in [2.75, 3.05) is 18.5 Å². The van der Waals surface area contributed by atoms with Crippen LogP contribution in [0.25, 0.3) is 11.0 Å². The van der Waals surface area contributed by atoms with Gasteiger partial charge in [0.05, 0.1) is 24.2 Å². The van der Waals surface area contributed by atoms with Gasteiger partial charge in [-0.25, -0.2) is 9.98 Å². The van der Waals surface area contributed by atoms with Crippen LogP contribution in [0.1, 0.15) is 18.2 Å². The third-order valence-electron chi connectivity index (χ3n) is 4.47. The number of halogens is 1. The summed E-state index contributed by atoms with van der Waals surface area (Å²) in [4.78, 5) is 9.23. The number of benzene rings is 2. The number of guanidine groups is 1. The number of fused-ring (bicyclic) bond motifs is 4. The number of nitrogens with zero attached hydrogens (tertiary/aromatic N) is 3. The minimum Gasteiger partial charge on any atom is -0.489 e. The van der Waals surface area contributed by atoms with Crippen LogP contribution in [0.2, 0.25) is 5.02 Å². The SMILES string of the molecule is NC1=NC(c2ccc(Cl)cc2)n2c(nc3cc4c(cc32)OCCCO4)N1. The van der Waals surface area contributed by atoms with Crippen LogP contribution in [-0.4, -0.2) is 28.7 Å². The van der Waals surface area contributed by atoms with Gasteiger partial charge in [0.25, 0.3) is 0 Å². The maximum absolute atomic E-state index is 6.03. The van der Waals surface area contributed by atoms with E-state index in [4.69, 9.17) is 26.8 Å². The minimum absolute atomic E-state index is 0.321. The molecule has 7 nitrogen and oxygen atoms in total. The highest BCUT2D eigenvalue weighted by Gasteiger charge is 2.26. The van der Waals surface area contributed by atoms with Crippen LogP contribution in [0, 0.1) is 0 Å². The molecule has 1 unspecified atom stereocenters. The van der Waals surface area contributed by atoms with Crippen molar-refractivity contribution < 1.29 is 9.47 Å². The van der Waals surface area contributed by atoms with Gasteiger partial charge in [0, 0.05) is 23.6 Å². The maximum Gasteiger partial charge on any atom is 0.212 e. The lowest BCUT2D eigenvalue weighted by atomic mass is 10.1. The summed E-state index contributed by atoms with van der Waals surface area (Å²) < 4.78 is 13.6. The molecule has 0 fully saturated rings. The first-order chi connectivity index (χ1) is 12.7. The van der Waals surface area contributed by atoms with Gasteiger partial charge in [0.2, 0.25) is 5.95 Å². The quantitative estimate of drug-likeness (QED) is 0.688. The largest absolute Gasteiger partial charge is 0.489 e. The molecule has 3 N–H and O–H groups in total. The van der Waals surface area contributed by atoms with E-state index in [0.29, 0.717) is 35.9 Å². The van der Waals surface area contributed by atoms with Gasteiger partial charge in [-0.15, -0.1) is 0 Å². The highest BCUT2D eigenvalue weighted by Crippen LogP contribution is 2.39. The Labute approximate surface area is 154 Å². The molecule has 8 heteroatoms. The number of nitrogens with one attached hydrogen (secondary N) is 1. The molecule has 1 aromatic heterocycles. The summed E-state index contributed by atoms with van der Waals surface area (Å²) in [5, 5.41) is 3.71. The third kappa shape index (κ3) is 2.43. The van der Waals surface area contributed by atoms with Crippen molar-refractivity contribution >= 4 is 34.5 Å². The van der Waals surface area contributed by atoms with Gasteiger partial charge < -0.3 is 15.2 Å². The first-order valence-corrected chi connectivity index (χ1v) is 8.74. The third-order valence-corrected chi connectivity index (χ3v) is 4.72. The number of nitrogens with two attached hydrogens (primary N) is 1. The number of aliphatic imine (C=N–C) groups is 1. The van der Waals surface area contributed by atoms with Crippen LogP contribution < -0.4 is 20.5 Å². The lowest BCUT2D eigenvalue weighted by molar-refractivity contribution is 0.297. The lowest BCUT2D eigenvalue weighted by Crippen LogP contribution is -2.31. The number of aromatic nitrogens is 2. The van der Waals surface area contributed by atoms with E-state index in [1.807, 2.05) is 41.0 Å². The van der Waals surface area contributed by atoms with Crippen molar-refractivity contribution in [3.63, 3.8) is 0 Å². The normalized spacial score (nSPS) is 18.7. The summed E-state index contributed by atoms with van der Waals surface area (Å²) in [5.41, 5.74) is 8.63. The van der Waals surface area contributed by atoms with Gasteiger partial charge in [0.1, 0.15) is 0 Å². The van der Waals surface area contributed by atoms with E-state index in [1.54, 1.807) is 0 Å². The summed E-state index contributed by atoms with van der Waals surface area (Å²) in [6.45, 7) is 1.26. The molecule has 1 atom stereocenters. The molecular weight excluding hydrogens is 354 g/mol. The van der Waals surface area contributed by atoms with Crippen molar-refractivity contribution in [1.82, 2.24) is 9.55 Å². The Kier molecular flexibility index (Phi) is 3.43. The van der Waals surface area contributed by atoms with Crippen molar-refractivity contribution in [2.24, 2.45) is 10.7 Å². The van der Waals surface area contributed by atoms with Gasteiger partial charge in [0.15, 0.2) is 23.6 Å². The van der Waals surface area contributed by atoms with Gasteiger partial charge in [-0.3, -0.25) is 9.88 Å². The second-order valence-electron chi connectivity index (χ2n) is 6.21. The van der Waals surface area contributed by atoms with Crippen LogP contribution in [0.3, 0.4) is 0 Å². The predicted molar refractivity (Wildman–Crippen MR) is 100 cm³/mol. The van der Waals surface area contributed by atoms with Crippen molar-refractivity contribution in [2.45, 2.75) is 12.6 Å². The average molecular weight is 370 g/mol. The van der Waals surface area contributed by atoms with Crippen LogP contribution in [0.5, 0.6) is 11.5 Å². The van der Waals surface area contributed by atoms with Gasteiger partial charge in [-0.1, -0.05) is 23.7 Å². The van der Waals surface area contributed by atoms with Crippen LogP contribution >= 0.6 is 11.6 Å². The molecule has 0 saturated carbocycles. The molecule has 3 aromatic rings. The van der Waals surface area contributed by atoms with Gasteiger partial charge in [-0.2, -0.15) is 0 Å². The fraction of sp³-hybridized carbons (Fsp3) is 0.222. The lowest BCUT2D eigenvalue weighted by Gasteiger charge is -2.24. The topological polar surface area (TPSA) is 86.7 Å². The van der Waals surface area contributed by atoms with Crippen LogP contribution in [0.15, 0.2) is 41.4 Å². The fourth-order valence-corrected chi connectivity index (χ4v) is 3.41. The Morgan fingerprint density at radius 3 is 2.62 bits per heavy atom. The first-order valence-electron chi connectivity index (χ1n) is 8.36. The molecule has 2 aromatic carbocycles. The zero-order valence-corrected chi connectivity index (χ0v) is 14.5. The summed E-state index contributed by atoms with van der Waals surface area (Å²) in [7, 11) is 0. The van der Waals surface area contributed by atoms with E-state index in [-0.39, 0.29) is 6.17 Å². The highest BCUT2D eigenvalue weighted by molar-refractivity contribution is 6.30. The molecule has 0 aliphatic carbocycles. The number of anilines is 1. The molecule has 26 heavy (non-hydrogen) atoms. The van der Waals surface area contributed by atoms with E-state index in [9.17, 15) is 0 Å². The fourth-order valence-electron chi connectivity index (χ4n) is 3.28. The molecule has 132 valence electrons. The molecule has 2 aliphatic heterocycles. The second kappa shape index (κ2) is 5.81. The Bertz CT molecular complexity index is 1030. The van der Waals surface area contributed by atoms with Gasteiger partial charge >= 0.3 is 0 Å². The Hall–Kier alpha value is -2.93. The number of hydrogen-bond acceptors (Lipinski definition) is 6. The molecule has 5 rings (SSSR count). The second-order valence-corrected chi connectivity index (χ2v) is 6.64. The Balaban J connectivity index is 1.70. The van der Waals surface area contributed by atoms with Crippen LogP contribution in [-0.2, 0) is 0 Å². The van der Waals surface area contributed by atoms with Crippen molar-refractivity contribution in [3.05, 3.63) is 47.0 Å². The van der Waals surface area contributed by atoms with Crippen molar-refractivity contribution in [3.8, 4) is 11.5 Å². The molecule has 0 radical (unpaired) electrons. The predicted octanol–water partition coefficient (Wildman–Crippen LogP) is 3.14. The van der Waals surface area contributed by atoms with Crippen LogP contribution in [0.4, 0.5) is 5.95 Å². The molecular formula is C18H16ClN5O2. The summed E-state index contributed by atoms with van der Waals surface area (Å²) in [6.07, 6.45) is 0.520. The summed E-state index contributed by atoms with van der Waals surface area (Å²) >= 11 is 6.03. The van der Waals surface area contributed by atoms with E-state index >= 15 is 0 Å². The van der Waals surface area contributed by atoms with Gasteiger partial charge in [-0.05, 0) is 17.7 Å². The molecule has 0 saturated heterocycles. The molecule has 0 spiro atoms. The number of imidazole rings is 1. The molecule has 0 amide bonds. The van der Waals surface area contributed by atoms with Crippen molar-refractivity contribution in [1.29, 1.82) is 0 Å². The maximum atomic E-state index is 6.03. The monoisotopic (exact) mass is 369 g/mol. The standard InChI is InChI=1S/C18H16ClN5O2/c19-11-4-2-10(3-5-11)16-22-17(20)23-18-21-12-8-14-15(9-13(12)24(16)18)26-7-1-6-25-14/h2-5,8-9,16H,1,6-7H2,(H3,20,21,22,23).